The zero-order valence-corrected chi connectivity index (χ0v) is 15.0. The van der Waals surface area contributed by atoms with Crippen LogP contribution in [0.25, 0.3) is 0 Å². The number of esters is 1. The van der Waals surface area contributed by atoms with Crippen molar-refractivity contribution in [2.75, 3.05) is 6.61 Å². The second-order valence-electron chi connectivity index (χ2n) is 6.04. The molecule has 0 aliphatic rings. The van der Waals surface area contributed by atoms with Crippen molar-refractivity contribution >= 4 is 5.97 Å². The van der Waals surface area contributed by atoms with Crippen molar-refractivity contribution in [1.29, 1.82) is 0 Å². The van der Waals surface area contributed by atoms with E-state index in [1.165, 1.54) is 44.1 Å². The second-order valence-corrected chi connectivity index (χ2v) is 6.04. The lowest BCUT2D eigenvalue weighted by Crippen LogP contribution is -2.05. The van der Waals surface area contributed by atoms with Gasteiger partial charge in [0.25, 0.3) is 0 Å². The highest BCUT2D eigenvalue weighted by Crippen LogP contribution is 2.12. The highest BCUT2D eigenvalue weighted by Gasteiger charge is 2.02. The number of ether oxygens (including phenoxy) is 1. The average Bonchev–Trinajstić information content (AvgIpc) is 2.52. The van der Waals surface area contributed by atoms with E-state index in [2.05, 4.69) is 26.0 Å². The minimum atomic E-state index is -0.0256. The van der Waals surface area contributed by atoms with Gasteiger partial charge in [-0.05, 0) is 52.9 Å². The summed E-state index contributed by atoms with van der Waals surface area (Å²) in [5.74, 6) is -0.0256. The lowest BCUT2D eigenvalue weighted by molar-refractivity contribution is -0.143. The van der Waals surface area contributed by atoms with Gasteiger partial charge in [0.2, 0.25) is 0 Å². The number of hydrogen-bond donors (Lipinski definition) is 0. The molecule has 0 radical (unpaired) electrons. The Bertz CT molecular complexity index is 316. The van der Waals surface area contributed by atoms with Crippen molar-refractivity contribution in [3.8, 4) is 0 Å². The summed E-state index contributed by atoms with van der Waals surface area (Å²) in [5.41, 5.74) is 1.50. The number of hydrogen-bond acceptors (Lipinski definition) is 2. The average molecular weight is 309 g/mol. The van der Waals surface area contributed by atoms with Crippen molar-refractivity contribution < 1.29 is 9.53 Å². The summed E-state index contributed by atoms with van der Waals surface area (Å²) in [7, 11) is 0. The highest BCUT2D eigenvalue weighted by molar-refractivity contribution is 5.69. The molecule has 0 spiro atoms. The maximum absolute atomic E-state index is 11.5. The van der Waals surface area contributed by atoms with Crippen molar-refractivity contribution in [3.63, 3.8) is 0 Å². The molecule has 0 aromatic carbocycles. The van der Waals surface area contributed by atoms with Crippen LogP contribution in [0, 0.1) is 0 Å². The molecule has 0 fully saturated rings. The standard InChI is InChI=1S/C20H36O2/c1-4-6-7-15-18-22-20(21)17-14-12-10-8-9-11-13-16-19(3)5-2/h4-6H,7-18H2,1-3H3/b6-4-,19-5-. The molecule has 0 aliphatic carbocycles. The predicted molar refractivity (Wildman–Crippen MR) is 96.0 cm³/mol. The molecule has 0 bridgehead atoms. The first-order valence-electron chi connectivity index (χ1n) is 9.09. The Hall–Kier alpha value is -1.05. The number of unbranched alkanes of at least 4 members (excludes halogenated alkanes) is 7. The van der Waals surface area contributed by atoms with E-state index in [9.17, 15) is 4.79 Å². The fourth-order valence-corrected chi connectivity index (χ4v) is 2.33. The fourth-order valence-electron chi connectivity index (χ4n) is 2.33. The summed E-state index contributed by atoms with van der Waals surface area (Å²) < 4.78 is 5.20. The fraction of sp³-hybridized carbons (Fsp3) is 0.750. The summed E-state index contributed by atoms with van der Waals surface area (Å²) >= 11 is 0. The van der Waals surface area contributed by atoms with Gasteiger partial charge in [0.15, 0.2) is 0 Å². The molecule has 0 aromatic rings. The Kier molecular flexibility index (Phi) is 15.5. The van der Waals surface area contributed by atoms with Gasteiger partial charge in [-0.15, -0.1) is 0 Å². The summed E-state index contributed by atoms with van der Waals surface area (Å²) in [6, 6.07) is 0. The molecule has 0 N–H and O–H groups in total. The molecular formula is C20H36O2. The third-order valence-electron chi connectivity index (χ3n) is 3.96. The lowest BCUT2D eigenvalue weighted by Gasteiger charge is -2.04. The summed E-state index contributed by atoms with van der Waals surface area (Å²) in [5, 5.41) is 0. The molecule has 0 aromatic heterocycles. The molecular weight excluding hydrogens is 272 g/mol. The molecule has 22 heavy (non-hydrogen) atoms. The van der Waals surface area contributed by atoms with Crippen LogP contribution < -0.4 is 0 Å². The van der Waals surface area contributed by atoms with E-state index >= 15 is 0 Å². The lowest BCUT2D eigenvalue weighted by atomic mass is 10.0. The van der Waals surface area contributed by atoms with E-state index < -0.39 is 0 Å². The first kappa shape index (κ1) is 20.9. The molecule has 0 amide bonds. The van der Waals surface area contributed by atoms with Gasteiger partial charge in [-0.2, -0.15) is 0 Å². The molecule has 2 heteroatoms. The van der Waals surface area contributed by atoms with E-state index in [1.54, 1.807) is 0 Å². The molecule has 0 atom stereocenters. The summed E-state index contributed by atoms with van der Waals surface area (Å²) in [6.07, 6.45) is 18.8. The van der Waals surface area contributed by atoms with Gasteiger partial charge in [0.1, 0.15) is 0 Å². The quantitative estimate of drug-likeness (QED) is 0.212. The van der Waals surface area contributed by atoms with Gasteiger partial charge in [-0.3, -0.25) is 4.79 Å². The van der Waals surface area contributed by atoms with E-state index in [0.717, 1.165) is 25.7 Å². The zero-order chi connectivity index (χ0) is 16.5. The van der Waals surface area contributed by atoms with Gasteiger partial charge in [-0.25, -0.2) is 0 Å². The number of carbonyl (C=O) groups excluding carboxylic acids is 1. The van der Waals surface area contributed by atoms with Gasteiger partial charge >= 0.3 is 5.97 Å². The molecule has 0 saturated carbocycles. The Labute approximate surface area is 138 Å². The van der Waals surface area contributed by atoms with Gasteiger partial charge < -0.3 is 4.74 Å². The summed E-state index contributed by atoms with van der Waals surface area (Å²) in [6.45, 7) is 6.90. The topological polar surface area (TPSA) is 26.3 Å². The zero-order valence-electron chi connectivity index (χ0n) is 15.0. The second kappa shape index (κ2) is 16.3. The van der Waals surface area contributed by atoms with Crippen LogP contribution in [0.4, 0.5) is 0 Å². The smallest absolute Gasteiger partial charge is 0.305 e. The van der Waals surface area contributed by atoms with Gasteiger partial charge in [0, 0.05) is 6.42 Å². The Morgan fingerprint density at radius 3 is 2.05 bits per heavy atom. The van der Waals surface area contributed by atoms with Crippen LogP contribution in [-0.2, 0) is 9.53 Å². The van der Waals surface area contributed by atoms with Crippen LogP contribution in [0.2, 0.25) is 0 Å². The van der Waals surface area contributed by atoms with Gasteiger partial charge in [-0.1, -0.05) is 55.9 Å². The monoisotopic (exact) mass is 308 g/mol. The number of rotatable bonds is 14. The van der Waals surface area contributed by atoms with Crippen LogP contribution in [-0.4, -0.2) is 12.6 Å². The molecule has 0 heterocycles. The minimum absolute atomic E-state index is 0.0256. The van der Waals surface area contributed by atoms with Gasteiger partial charge in [0.05, 0.1) is 6.61 Å². The van der Waals surface area contributed by atoms with Crippen LogP contribution >= 0.6 is 0 Å². The van der Waals surface area contributed by atoms with E-state index in [-0.39, 0.29) is 5.97 Å². The first-order valence-corrected chi connectivity index (χ1v) is 9.09. The highest BCUT2D eigenvalue weighted by atomic mass is 16.5. The van der Waals surface area contributed by atoms with Crippen molar-refractivity contribution in [2.45, 2.75) is 91.4 Å². The van der Waals surface area contributed by atoms with Crippen LogP contribution in [0.5, 0.6) is 0 Å². The Morgan fingerprint density at radius 2 is 1.45 bits per heavy atom. The maximum atomic E-state index is 11.5. The largest absolute Gasteiger partial charge is 0.466 e. The van der Waals surface area contributed by atoms with Crippen LogP contribution in [0.3, 0.4) is 0 Å². The normalized spacial score (nSPS) is 12.0. The number of carbonyl (C=O) groups is 1. The third-order valence-corrected chi connectivity index (χ3v) is 3.96. The van der Waals surface area contributed by atoms with Crippen LogP contribution in [0.15, 0.2) is 23.8 Å². The van der Waals surface area contributed by atoms with Crippen LogP contribution in [0.1, 0.15) is 91.4 Å². The predicted octanol–water partition coefficient (Wildman–Crippen LogP) is 6.36. The summed E-state index contributed by atoms with van der Waals surface area (Å²) in [4.78, 5) is 11.5. The van der Waals surface area contributed by atoms with E-state index in [4.69, 9.17) is 4.74 Å². The SMILES string of the molecule is C/C=C\CCCOC(=O)CCCCCCCCC/C(C)=C\C. The third kappa shape index (κ3) is 15.3. The van der Waals surface area contributed by atoms with E-state index in [1.807, 2.05) is 13.0 Å². The maximum Gasteiger partial charge on any atom is 0.305 e. The molecule has 128 valence electrons. The Morgan fingerprint density at radius 1 is 0.864 bits per heavy atom. The first-order chi connectivity index (χ1) is 10.7. The molecule has 0 saturated heterocycles. The van der Waals surface area contributed by atoms with E-state index in [0.29, 0.717) is 13.0 Å². The van der Waals surface area contributed by atoms with Crippen molar-refractivity contribution in [3.05, 3.63) is 23.8 Å². The molecule has 0 rings (SSSR count). The van der Waals surface area contributed by atoms with Crippen molar-refractivity contribution in [2.24, 2.45) is 0 Å². The Balaban J connectivity index is 3.23. The van der Waals surface area contributed by atoms with Crippen molar-refractivity contribution in [1.82, 2.24) is 0 Å². The molecule has 0 aliphatic heterocycles. The molecule has 2 nitrogen and oxygen atoms in total. The minimum Gasteiger partial charge on any atom is -0.466 e. The molecule has 0 unspecified atom stereocenters. The number of allylic oxidation sites excluding steroid dienone is 4.